The van der Waals surface area contributed by atoms with E-state index in [1.165, 1.54) is 38.5 Å². The fraction of sp³-hybridized carbons (Fsp3) is 0.769. The first kappa shape index (κ1) is 17.3. The first-order chi connectivity index (χ1) is 13.9. The first-order valence-corrected chi connectivity index (χ1v) is 12.2. The smallest absolute Gasteiger partial charge is 0.165 e. The van der Waals surface area contributed by atoms with Gasteiger partial charge in [-0.3, -0.25) is 0 Å². The molecule has 1 aromatic rings. The van der Waals surface area contributed by atoms with Crippen LogP contribution in [0.25, 0.3) is 0 Å². The van der Waals surface area contributed by atoms with Gasteiger partial charge in [0.15, 0.2) is 11.5 Å². The van der Waals surface area contributed by atoms with Crippen molar-refractivity contribution in [3.8, 4) is 17.2 Å². The lowest BCUT2D eigenvalue weighted by Crippen LogP contribution is -2.49. The van der Waals surface area contributed by atoms with Crippen molar-refractivity contribution in [2.45, 2.75) is 87.9 Å². The van der Waals surface area contributed by atoms with Gasteiger partial charge in [0.1, 0.15) is 5.75 Å². The zero-order chi connectivity index (χ0) is 19.5. The van der Waals surface area contributed by atoms with Crippen molar-refractivity contribution in [3.63, 3.8) is 0 Å². The number of phenolic OH excluding ortho intramolecular Hbond substituents is 3. The number of aromatic hydroxyl groups is 3. The van der Waals surface area contributed by atoms with E-state index in [0.29, 0.717) is 5.56 Å². The summed E-state index contributed by atoms with van der Waals surface area (Å²) in [6.45, 7) is 0. The molecular weight excluding hydrogens is 360 g/mol. The van der Waals surface area contributed by atoms with Crippen molar-refractivity contribution in [1.29, 1.82) is 0 Å². The molecule has 9 rings (SSSR count). The topological polar surface area (TPSA) is 60.7 Å². The van der Waals surface area contributed by atoms with E-state index >= 15 is 0 Å². The van der Waals surface area contributed by atoms with Crippen LogP contribution in [0.4, 0.5) is 0 Å². The Morgan fingerprint density at radius 3 is 1.34 bits per heavy atom. The molecule has 0 aromatic heterocycles. The lowest BCUT2D eigenvalue weighted by molar-refractivity contribution is -0.00950. The summed E-state index contributed by atoms with van der Waals surface area (Å²) in [4.78, 5) is 0. The molecule has 0 saturated heterocycles. The highest BCUT2D eigenvalue weighted by atomic mass is 16.3. The van der Waals surface area contributed by atoms with Crippen LogP contribution in [0.15, 0.2) is 6.07 Å². The van der Waals surface area contributed by atoms with Gasteiger partial charge in [-0.15, -0.1) is 0 Å². The fourth-order valence-corrected chi connectivity index (χ4v) is 10.4. The van der Waals surface area contributed by atoms with Gasteiger partial charge in [0, 0.05) is 22.0 Å². The SMILES string of the molecule is Oc1cc(C23CC4CC(CC(C4)C2)C3)c(O)c(O)c1C12CC3CC(CC(C3)C1)C2. The zero-order valence-corrected chi connectivity index (χ0v) is 17.4. The van der Waals surface area contributed by atoms with Gasteiger partial charge in [-0.1, -0.05) is 0 Å². The monoisotopic (exact) mass is 394 g/mol. The van der Waals surface area contributed by atoms with E-state index in [1.54, 1.807) is 0 Å². The van der Waals surface area contributed by atoms with Crippen molar-refractivity contribution < 1.29 is 15.3 Å². The minimum absolute atomic E-state index is 0.0200. The van der Waals surface area contributed by atoms with Gasteiger partial charge in [-0.25, -0.2) is 0 Å². The van der Waals surface area contributed by atoms with Crippen LogP contribution in [-0.4, -0.2) is 15.3 Å². The largest absolute Gasteiger partial charge is 0.507 e. The number of hydrogen-bond donors (Lipinski definition) is 3. The summed E-state index contributed by atoms with van der Waals surface area (Å²) >= 11 is 0. The van der Waals surface area contributed by atoms with E-state index in [1.807, 2.05) is 6.07 Å². The molecule has 8 aliphatic rings. The van der Waals surface area contributed by atoms with Crippen LogP contribution in [-0.2, 0) is 10.8 Å². The lowest BCUT2D eigenvalue weighted by atomic mass is 9.46. The molecule has 0 spiro atoms. The normalized spacial score (nSPS) is 49.1. The summed E-state index contributed by atoms with van der Waals surface area (Å²) in [6, 6.07) is 1.90. The third-order valence-electron chi connectivity index (χ3n) is 10.4. The number of benzene rings is 1. The summed E-state index contributed by atoms with van der Waals surface area (Å²) in [5.74, 6) is 4.94. The van der Waals surface area contributed by atoms with Crippen LogP contribution < -0.4 is 0 Å². The summed E-state index contributed by atoms with van der Waals surface area (Å²) in [6.07, 6.45) is 14.7. The third kappa shape index (κ3) is 2.25. The van der Waals surface area contributed by atoms with Crippen LogP contribution in [0, 0.1) is 35.5 Å². The molecule has 0 unspecified atom stereocenters. The van der Waals surface area contributed by atoms with Crippen molar-refractivity contribution in [1.82, 2.24) is 0 Å². The Morgan fingerprint density at radius 1 is 0.552 bits per heavy atom. The highest BCUT2D eigenvalue weighted by Crippen LogP contribution is 2.67. The maximum Gasteiger partial charge on any atom is 0.165 e. The Balaban J connectivity index is 1.34. The maximum atomic E-state index is 11.3. The highest BCUT2D eigenvalue weighted by Gasteiger charge is 2.56. The highest BCUT2D eigenvalue weighted by molar-refractivity contribution is 5.62. The maximum absolute atomic E-state index is 11.3. The Bertz CT molecular complexity index is 814. The van der Waals surface area contributed by atoms with Gasteiger partial charge >= 0.3 is 0 Å². The van der Waals surface area contributed by atoms with Gasteiger partial charge in [0.05, 0.1) is 0 Å². The molecule has 0 aliphatic heterocycles. The molecule has 3 N–H and O–H groups in total. The minimum atomic E-state index is -0.111. The van der Waals surface area contributed by atoms with Crippen molar-refractivity contribution in [2.75, 3.05) is 0 Å². The molecule has 3 nitrogen and oxygen atoms in total. The van der Waals surface area contributed by atoms with E-state index in [9.17, 15) is 15.3 Å². The molecule has 8 aliphatic carbocycles. The molecule has 8 fully saturated rings. The molecule has 8 bridgehead atoms. The van der Waals surface area contributed by atoms with Crippen LogP contribution in [0.5, 0.6) is 17.2 Å². The summed E-state index contributed by atoms with van der Waals surface area (Å²) in [5, 5.41) is 33.9. The predicted octanol–water partition coefficient (Wildman–Crippen LogP) is 5.74. The summed E-state index contributed by atoms with van der Waals surface area (Å²) < 4.78 is 0. The number of hydrogen-bond acceptors (Lipinski definition) is 3. The van der Waals surface area contributed by atoms with Crippen molar-refractivity contribution in [3.05, 3.63) is 17.2 Å². The predicted molar refractivity (Wildman–Crippen MR) is 111 cm³/mol. The second kappa shape index (κ2) is 5.45. The van der Waals surface area contributed by atoms with Gasteiger partial charge in [-0.05, 0) is 119 Å². The van der Waals surface area contributed by atoms with E-state index in [0.717, 1.165) is 79.6 Å². The summed E-state index contributed by atoms with van der Waals surface area (Å²) in [7, 11) is 0. The molecule has 0 atom stereocenters. The van der Waals surface area contributed by atoms with Crippen LogP contribution in [0.1, 0.15) is 88.2 Å². The number of phenols is 3. The van der Waals surface area contributed by atoms with Gasteiger partial charge in [0.25, 0.3) is 0 Å². The Kier molecular flexibility index (Phi) is 3.25. The summed E-state index contributed by atoms with van der Waals surface area (Å²) in [5.41, 5.74) is 1.43. The van der Waals surface area contributed by atoms with Gasteiger partial charge in [-0.2, -0.15) is 0 Å². The lowest BCUT2D eigenvalue weighted by Gasteiger charge is -2.58. The molecule has 156 valence electrons. The van der Waals surface area contributed by atoms with E-state index < -0.39 is 0 Å². The Morgan fingerprint density at radius 2 is 0.931 bits per heavy atom. The zero-order valence-electron chi connectivity index (χ0n) is 17.4. The minimum Gasteiger partial charge on any atom is -0.507 e. The average molecular weight is 395 g/mol. The van der Waals surface area contributed by atoms with Crippen LogP contribution in [0.2, 0.25) is 0 Å². The second-order valence-corrected chi connectivity index (χ2v) is 12.4. The molecule has 29 heavy (non-hydrogen) atoms. The molecule has 8 saturated carbocycles. The molecule has 3 heteroatoms. The van der Waals surface area contributed by atoms with Crippen LogP contribution >= 0.6 is 0 Å². The van der Waals surface area contributed by atoms with E-state index in [-0.39, 0.29) is 28.1 Å². The standard InChI is InChI=1S/C26H34O3/c27-21-7-20(25-8-14-1-15(9-25)3-16(2-14)10-25)23(28)24(29)22(21)26-11-17-4-18(12-26)6-19(5-17)13-26/h7,14-19,27-29H,1-6,8-13H2. The van der Waals surface area contributed by atoms with E-state index in [2.05, 4.69) is 0 Å². The quantitative estimate of drug-likeness (QED) is 0.443. The molecule has 0 radical (unpaired) electrons. The molecule has 0 amide bonds. The number of rotatable bonds is 2. The molecular formula is C26H34O3. The van der Waals surface area contributed by atoms with Crippen LogP contribution in [0.3, 0.4) is 0 Å². The average Bonchev–Trinajstić information content (AvgIpc) is 2.62. The molecule has 0 heterocycles. The van der Waals surface area contributed by atoms with E-state index in [4.69, 9.17) is 0 Å². The Labute approximate surface area is 173 Å². The fourth-order valence-electron chi connectivity index (χ4n) is 10.4. The second-order valence-electron chi connectivity index (χ2n) is 12.4. The first-order valence-electron chi connectivity index (χ1n) is 12.2. The van der Waals surface area contributed by atoms with Gasteiger partial charge < -0.3 is 15.3 Å². The third-order valence-corrected chi connectivity index (χ3v) is 10.4. The van der Waals surface area contributed by atoms with Crippen molar-refractivity contribution in [2.24, 2.45) is 35.5 Å². The molecule has 1 aromatic carbocycles. The van der Waals surface area contributed by atoms with Gasteiger partial charge in [0.2, 0.25) is 0 Å². The Hall–Kier alpha value is -1.38. The van der Waals surface area contributed by atoms with Crippen molar-refractivity contribution >= 4 is 0 Å².